The van der Waals surface area contributed by atoms with Gasteiger partial charge in [-0.15, -0.1) is 0 Å². The fourth-order valence-electron chi connectivity index (χ4n) is 5.84. The third-order valence-corrected chi connectivity index (χ3v) is 8.51. The first kappa shape index (κ1) is 29.8. The second-order valence-electron chi connectivity index (χ2n) is 11.9. The highest BCUT2D eigenvalue weighted by atomic mass is 14.9. The Morgan fingerprint density at radius 1 is 0.327 bits per heavy atom. The molecule has 0 saturated carbocycles. The number of nitrogens with zero attached hydrogens (tertiary/aromatic N) is 5. The van der Waals surface area contributed by atoms with Crippen LogP contribution in [-0.2, 0) is 0 Å². The largest absolute Gasteiger partial charge is 0.255 e. The second-order valence-corrected chi connectivity index (χ2v) is 11.9. The molecule has 0 atom stereocenters. The van der Waals surface area contributed by atoms with Crippen molar-refractivity contribution in [3.05, 3.63) is 176 Å². The molecule has 4 heterocycles. The van der Waals surface area contributed by atoms with Crippen LogP contribution in [0, 0.1) is 6.92 Å². The van der Waals surface area contributed by atoms with Crippen molar-refractivity contribution in [3.63, 3.8) is 0 Å². The molecule has 5 nitrogen and oxygen atoms in total. The summed E-state index contributed by atoms with van der Waals surface area (Å²) in [5.41, 5.74) is 13.6. The third-order valence-electron chi connectivity index (χ3n) is 8.51. The first-order chi connectivity index (χ1) is 24.2. The molecule has 8 rings (SSSR count). The molecule has 0 amide bonds. The number of rotatable bonds is 7. The molecule has 0 unspecified atom stereocenters. The van der Waals surface area contributed by atoms with Gasteiger partial charge in [0.25, 0.3) is 0 Å². The third kappa shape index (κ3) is 6.51. The summed E-state index contributed by atoms with van der Waals surface area (Å²) in [5, 5.41) is 0. The predicted octanol–water partition coefficient (Wildman–Crippen LogP) is 10.6. The van der Waals surface area contributed by atoms with E-state index >= 15 is 0 Å². The van der Waals surface area contributed by atoms with Crippen molar-refractivity contribution in [2.24, 2.45) is 0 Å². The van der Waals surface area contributed by atoms with Crippen LogP contribution >= 0.6 is 0 Å². The molecule has 0 saturated heterocycles. The fourth-order valence-corrected chi connectivity index (χ4v) is 5.84. The average Bonchev–Trinajstić information content (AvgIpc) is 3.19. The van der Waals surface area contributed by atoms with E-state index in [1.807, 2.05) is 79.0 Å². The lowest BCUT2D eigenvalue weighted by Gasteiger charge is -2.11. The number of hydrogen-bond acceptors (Lipinski definition) is 5. The van der Waals surface area contributed by atoms with Gasteiger partial charge in [-0.1, -0.05) is 127 Å². The van der Waals surface area contributed by atoms with E-state index in [0.29, 0.717) is 5.82 Å². The van der Waals surface area contributed by atoms with Gasteiger partial charge in [0.15, 0.2) is 5.82 Å². The Balaban J connectivity index is 1.11. The number of pyridine rings is 3. The van der Waals surface area contributed by atoms with Gasteiger partial charge in [-0.05, 0) is 60.0 Å². The molecule has 0 spiro atoms. The second kappa shape index (κ2) is 13.3. The van der Waals surface area contributed by atoms with Crippen LogP contribution < -0.4 is 0 Å². The van der Waals surface area contributed by atoms with Crippen molar-refractivity contribution in [1.29, 1.82) is 0 Å². The molecule has 0 aliphatic carbocycles. The Labute approximate surface area is 285 Å². The minimum absolute atomic E-state index is 0.701. The van der Waals surface area contributed by atoms with E-state index in [1.165, 1.54) is 5.56 Å². The minimum atomic E-state index is 0.701. The first-order valence-corrected chi connectivity index (χ1v) is 16.2. The van der Waals surface area contributed by atoms with Crippen molar-refractivity contribution >= 4 is 0 Å². The van der Waals surface area contributed by atoms with Crippen LogP contribution in [0.1, 0.15) is 5.56 Å². The smallest absolute Gasteiger partial charge is 0.160 e. The summed E-state index contributed by atoms with van der Waals surface area (Å²) in [5.74, 6) is 0.701. The lowest BCUT2D eigenvalue weighted by Crippen LogP contribution is -1.96. The van der Waals surface area contributed by atoms with Crippen LogP contribution in [0.3, 0.4) is 0 Å². The average molecular weight is 630 g/mol. The van der Waals surface area contributed by atoms with Gasteiger partial charge in [0.1, 0.15) is 0 Å². The lowest BCUT2D eigenvalue weighted by molar-refractivity contribution is 1.18. The first-order valence-electron chi connectivity index (χ1n) is 16.2. The molecule has 4 aromatic carbocycles. The van der Waals surface area contributed by atoms with E-state index in [0.717, 1.165) is 73.1 Å². The van der Waals surface area contributed by atoms with Gasteiger partial charge in [0.05, 0.1) is 34.2 Å². The van der Waals surface area contributed by atoms with Gasteiger partial charge in [-0.3, -0.25) is 9.97 Å². The fraction of sp³-hybridized carbons (Fsp3) is 0.0227. The van der Waals surface area contributed by atoms with Crippen LogP contribution in [-0.4, -0.2) is 24.9 Å². The number of hydrogen-bond donors (Lipinski definition) is 0. The van der Waals surface area contributed by atoms with Crippen LogP contribution in [0.2, 0.25) is 0 Å². The van der Waals surface area contributed by atoms with Gasteiger partial charge in [-0.25, -0.2) is 15.0 Å². The van der Waals surface area contributed by atoms with E-state index in [9.17, 15) is 0 Å². The SMILES string of the molecule is Cc1ccc(-c2cc(-c3ccccn3)nc(-c3ccc(-c4ccc(-c5cc(-c6ccccc6)nc(-c6ccccc6)n5)cc4)cn3)c2)cc1. The van der Waals surface area contributed by atoms with Crippen LogP contribution in [0.5, 0.6) is 0 Å². The Hall–Kier alpha value is -6.59. The monoisotopic (exact) mass is 629 g/mol. The standard InChI is InChI=1S/C44H31N5/c1-30-15-17-32(18-16-30)37-26-42(38-14-8-9-25-45-38)47-43(27-37)39-24-23-36(29-46-39)31-19-21-34(22-20-31)41-28-40(33-10-4-2-5-11-33)48-44(49-41)35-12-6-3-7-13-35/h2-29H,1H3. The lowest BCUT2D eigenvalue weighted by atomic mass is 10.0. The Morgan fingerprint density at radius 2 is 0.857 bits per heavy atom. The molecule has 5 heteroatoms. The molecule has 0 aliphatic heterocycles. The van der Waals surface area contributed by atoms with E-state index in [1.54, 1.807) is 6.20 Å². The molecular formula is C44H31N5. The number of aryl methyl sites for hydroxylation is 1. The number of aromatic nitrogens is 5. The molecule has 49 heavy (non-hydrogen) atoms. The maximum Gasteiger partial charge on any atom is 0.160 e. The Morgan fingerprint density at radius 3 is 1.47 bits per heavy atom. The molecule has 0 N–H and O–H groups in total. The molecular weight excluding hydrogens is 599 g/mol. The van der Waals surface area contributed by atoms with Crippen molar-refractivity contribution in [3.8, 4) is 78.9 Å². The van der Waals surface area contributed by atoms with Crippen LogP contribution in [0.4, 0.5) is 0 Å². The Kier molecular flexibility index (Phi) is 8.06. The van der Waals surface area contributed by atoms with Crippen LogP contribution in [0.15, 0.2) is 170 Å². The topological polar surface area (TPSA) is 64.5 Å². The Bertz CT molecular complexity index is 2280. The minimum Gasteiger partial charge on any atom is -0.255 e. The molecule has 4 aromatic heterocycles. The van der Waals surface area contributed by atoms with Crippen LogP contribution in [0.25, 0.3) is 78.9 Å². The summed E-state index contributed by atoms with van der Waals surface area (Å²) < 4.78 is 0. The van der Waals surface area contributed by atoms with E-state index in [4.69, 9.17) is 19.9 Å². The molecule has 0 fully saturated rings. The zero-order valence-electron chi connectivity index (χ0n) is 26.9. The number of benzene rings is 4. The van der Waals surface area contributed by atoms with Gasteiger partial charge < -0.3 is 0 Å². The van der Waals surface area contributed by atoms with Crippen molar-refractivity contribution in [1.82, 2.24) is 24.9 Å². The summed E-state index contributed by atoms with van der Waals surface area (Å²) >= 11 is 0. The van der Waals surface area contributed by atoms with Crippen molar-refractivity contribution < 1.29 is 0 Å². The highest BCUT2D eigenvalue weighted by Gasteiger charge is 2.13. The van der Waals surface area contributed by atoms with Gasteiger partial charge >= 0.3 is 0 Å². The van der Waals surface area contributed by atoms with Crippen molar-refractivity contribution in [2.75, 3.05) is 0 Å². The zero-order valence-corrected chi connectivity index (χ0v) is 26.9. The van der Waals surface area contributed by atoms with E-state index in [-0.39, 0.29) is 0 Å². The quantitative estimate of drug-likeness (QED) is 0.175. The maximum atomic E-state index is 4.99. The zero-order chi connectivity index (χ0) is 33.0. The molecule has 0 radical (unpaired) electrons. The van der Waals surface area contributed by atoms with E-state index < -0.39 is 0 Å². The summed E-state index contributed by atoms with van der Waals surface area (Å²) in [6.45, 7) is 2.10. The van der Waals surface area contributed by atoms with E-state index in [2.05, 4.69) is 96.8 Å². The van der Waals surface area contributed by atoms with Crippen molar-refractivity contribution in [2.45, 2.75) is 6.92 Å². The normalized spacial score (nSPS) is 11.0. The summed E-state index contributed by atoms with van der Waals surface area (Å²) in [7, 11) is 0. The summed E-state index contributed by atoms with van der Waals surface area (Å²) in [6.07, 6.45) is 3.71. The highest BCUT2D eigenvalue weighted by molar-refractivity contribution is 5.77. The molecule has 232 valence electrons. The highest BCUT2D eigenvalue weighted by Crippen LogP contribution is 2.32. The molecule has 0 aliphatic rings. The summed E-state index contributed by atoms with van der Waals surface area (Å²) in [6, 6.07) is 53.6. The molecule has 0 bridgehead atoms. The summed E-state index contributed by atoms with van der Waals surface area (Å²) in [4.78, 5) is 24.3. The predicted molar refractivity (Wildman–Crippen MR) is 198 cm³/mol. The maximum absolute atomic E-state index is 4.99. The molecule has 8 aromatic rings. The van der Waals surface area contributed by atoms with Gasteiger partial charge in [0, 0.05) is 34.6 Å². The van der Waals surface area contributed by atoms with Gasteiger partial charge in [0.2, 0.25) is 0 Å². The van der Waals surface area contributed by atoms with Gasteiger partial charge in [-0.2, -0.15) is 0 Å².